The Morgan fingerprint density at radius 3 is 3.05 bits per heavy atom. The van der Waals surface area contributed by atoms with Crippen LogP contribution < -0.4 is 0 Å². The average Bonchev–Trinajstić information content (AvgIpc) is 2.91. The summed E-state index contributed by atoms with van der Waals surface area (Å²) in [6, 6.07) is 1.45. The molecule has 0 radical (unpaired) electrons. The van der Waals surface area contributed by atoms with E-state index in [1.54, 1.807) is 23.9 Å². The minimum absolute atomic E-state index is 0.0395. The topological polar surface area (TPSA) is 72.9 Å². The van der Waals surface area contributed by atoms with Crippen LogP contribution >= 0.6 is 0 Å². The number of imidazole rings is 1. The molecule has 3 heterocycles. The molecule has 0 spiro atoms. The molecule has 0 aliphatic carbocycles. The monoisotopic (exact) mass is 262 g/mol. The summed E-state index contributed by atoms with van der Waals surface area (Å²) in [7, 11) is 1.65. The highest BCUT2D eigenvalue weighted by atomic mass is 19.1. The van der Waals surface area contributed by atoms with Crippen LogP contribution in [0.15, 0.2) is 18.3 Å². The first-order valence-corrected chi connectivity index (χ1v) is 5.72. The van der Waals surface area contributed by atoms with E-state index < -0.39 is 12.1 Å². The molecule has 1 unspecified atom stereocenters. The predicted octanol–water partition coefficient (Wildman–Crippen LogP) is 1.35. The molecule has 0 saturated carbocycles. The SMILES string of the molecule is Cn1nc(C(=O)O)cc1-c1cn2c(n1)C=CC(F)C2. The lowest BCUT2D eigenvalue weighted by molar-refractivity contribution is 0.0689. The van der Waals surface area contributed by atoms with Crippen molar-refractivity contribution < 1.29 is 14.3 Å². The van der Waals surface area contributed by atoms with Gasteiger partial charge in [-0.05, 0) is 12.2 Å². The van der Waals surface area contributed by atoms with E-state index in [0.29, 0.717) is 17.2 Å². The minimum Gasteiger partial charge on any atom is -0.476 e. The molecule has 0 bridgehead atoms. The number of halogens is 1. The van der Waals surface area contributed by atoms with Gasteiger partial charge in [0, 0.05) is 19.3 Å². The first-order chi connectivity index (χ1) is 9.04. The fourth-order valence-corrected chi connectivity index (χ4v) is 2.08. The van der Waals surface area contributed by atoms with Crippen LogP contribution in [-0.2, 0) is 13.6 Å². The van der Waals surface area contributed by atoms with Crippen molar-refractivity contribution in [1.29, 1.82) is 0 Å². The molecule has 6 nitrogen and oxygen atoms in total. The van der Waals surface area contributed by atoms with Crippen LogP contribution in [0.2, 0.25) is 0 Å². The van der Waals surface area contributed by atoms with Crippen LogP contribution in [0.1, 0.15) is 16.3 Å². The van der Waals surface area contributed by atoms with E-state index >= 15 is 0 Å². The van der Waals surface area contributed by atoms with Crippen molar-refractivity contribution >= 4 is 12.0 Å². The van der Waals surface area contributed by atoms with Gasteiger partial charge < -0.3 is 9.67 Å². The van der Waals surface area contributed by atoms with Gasteiger partial charge in [0.15, 0.2) is 5.69 Å². The molecular formula is C12H11FN4O2. The Balaban J connectivity index is 2.04. The van der Waals surface area contributed by atoms with Gasteiger partial charge in [-0.25, -0.2) is 14.2 Å². The number of aromatic carboxylic acids is 1. The van der Waals surface area contributed by atoms with Crippen molar-refractivity contribution in [2.45, 2.75) is 12.7 Å². The molecule has 3 rings (SSSR count). The average molecular weight is 262 g/mol. The van der Waals surface area contributed by atoms with Crippen LogP contribution in [0, 0.1) is 0 Å². The van der Waals surface area contributed by atoms with Crippen molar-refractivity contribution in [3.05, 3.63) is 29.9 Å². The van der Waals surface area contributed by atoms with Crippen molar-refractivity contribution in [3.63, 3.8) is 0 Å². The number of carbonyl (C=O) groups is 1. The van der Waals surface area contributed by atoms with Crippen LogP contribution in [0.3, 0.4) is 0 Å². The number of fused-ring (bicyclic) bond motifs is 1. The van der Waals surface area contributed by atoms with E-state index in [-0.39, 0.29) is 12.2 Å². The molecule has 1 aliphatic heterocycles. The Bertz CT molecular complexity index is 686. The molecule has 19 heavy (non-hydrogen) atoms. The number of rotatable bonds is 2. The Labute approximate surface area is 107 Å². The van der Waals surface area contributed by atoms with Crippen LogP contribution in [0.5, 0.6) is 0 Å². The van der Waals surface area contributed by atoms with Gasteiger partial charge in [-0.3, -0.25) is 4.68 Å². The molecule has 0 aromatic carbocycles. The first kappa shape index (κ1) is 11.6. The summed E-state index contributed by atoms with van der Waals surface area (Å²) < 4.78 is 16.4. The van der Waals surface area contributed by atoms with E-state index in [1.807, 2.05) is 0 Å². The molecule has 7 heteroatoms. The molecule has 0 amide bonds. The smallest absolute Gasteiger partial charge is 0.356 e. The summed E-state index contributed by atoms with van der Waals surface area (Å²) in [6.07, 6.45) is 3.76. The van der Waals surface area contributed by atoms with Crippen LogP contribution in [0.4, 0.5) is 4.39 Å². The third-order valence-electron chi connectivity index (χ3n) is 2.99. The number of aromatic nitrogens is 4. The molecule has 2 aromatic rings. The van der Waals surface area contributed by atoms with E-state index in [2.05, 4.69) is 10.1 Å². The lowest BCUT2D eigenvalue weighted by atomic mass is 10.2. The fraction of sp³-hybridized carbons (Fsp3) is 0.250. The number of alkyl halides is 1. The van der Waals surface area contributed by atoms with Crippen LogP contribution in [-0.4, -0.2) is 36.6 Å². The van der Waals surface area contributed by atoms with Gasteiger partial charge in [0.1, 0.15) is 17.7 Å². The summed E-state index contributed by atoms with van der Waals surface area (Å²) in [4.78, 5) is 15.2. The van der Waals surface area contributed by atoms with Gasteiger partial charge in [0.25, 0.3) is 0 Å². The Hall–Kier alpha value is -2.44. The molecule has 98 valence electrons. The maximum atomic E-state index is 13.2. The van der Waals surface area contributed by atoms with E-state index in [9.17, 15) is 9.18 Å². The van der Waals surface area contributed by atoms with Crippen molar-refractivity contribution in [2.24, 2.45) is 7.05 Å². The van der Waals surface area contributed by atoms with E-state index in [4.69, 9.17) is 5.11 Å². The summed E-state index contributed by atoms with van der Waals surface area (Å²) in [5.74, 6) is -0.434. The predicted molar refractivity (Wildman–Crippen MR) is 65.3 cm³/mol. The van der Waals surface area contributed by atoms with Gasteiger partial charge in [-0.2, -0.15) is 5.10 Å². The molecule has 2 aromatic heterocycles. The molecule has 0 fully saturated rings. The summed E-state index contributed by atoms with van der Waals surface area (Å²) >= 11 is 0. The maximum Gasteiger partial charge on any atom is 0.356 e. The third-order valence-corrected chi connectivity index (χ3v) is 2.99. The maximum absolute atomic E-state index is 13.2. The summed E-state index contributed by atoms with van der Waals surface area (Å²) in [6.45, 7) is 0.225. The zero-order chi connectivity index (χ0) is 13.6. The molecule has 0 saturated heterocycles. The van der Waals surface area contributed by atoms with Crippen molar-refractivity contribution in [1.82, 2.24) is 19.3 Å². The summed E-state index contributed by atoms with van der Waals surface area (Å²) in [5.41, 5.74) is 1.13. The number of hydrogen-bond acceptors (Lipinski definition) is 3. The highest BCUT2D eigenvalue weighted by Crippen LogP contribution is 2.22. The van der Waals surface area contributed by atoms with Gasteiger partial charge in [0.2, 0.25) is 0 Å². The number of aryl methyl sites for hydroxylation is 1. The lowest BCUT2D eigenvalue weighted by Crippen LogP contribution is -2.13. The quantitative estimate of drug-likeness (QED) is 0.886. The third kappa shape index (κ3) is 1.92. The largest absolute Gasteiger partial charge is 0.476 e. The standard InChI is InChI=1S/C12H11FN4O2/c1-16-10(4-8(15-16)12(18)19)9-6-17-5-7(13)2-3-11(17)14-9/h2-4,6-7H,5H2,1H3,(H,18,19). The van der Waals surface area contributed by atoms with Crippen molar-refractivity contribution in [3.8, 4) is 11.4 Å². The van der Waals surface area contributed by atoms with E-state index in [1.165, 1.54) is 16.8 Å². The highest BCUT2D eigenvalue weighted by molar-refractivity contribution is 5.86. The Morgan fingerprint density at radius 1 is 1.58 bits per heavy atom. The van der Waals surface area contributed by atoms with Crippen LogP contribution in [0.25, 0.3) is 17.5 Å². The van der Waals surface area contributed by atoms with Gasteiger partial charge in [0.05, 0.1) is 12.2 Å². The lowest BCUT2D eigenvalue weighted by Gasteiger charge is -2.10. The van der Waals surface area contributed by atoms with Gasteiger partial charge in [-0.1, -0.05) is 0 Å². The number of nitrogens with zero attached hydrogens (tertiary/aromatic N) is 4. The summed E-state index contributed by atoms with van der Waals surface area (Å²) in [5, 5.41) is 12.8. The highest BCUT2D eigenvalue weighted by Gasteiger charge is 2.19. The normalized spacial score (nSPS) is 17.5. The molecule has 1 atom stereocenters. The molecule has 1 aliphatic rings. The number of carboxylic acids is 1. The zero-order valence-electron chi connectivity index (χ0n) is 10.1. The van der Waals surface area contributed by atoms with Gasteiger partial charge >= 0.3 is 5.97 Å². The number of carboxylic acid groups (broad SMARTS) is 1. The Kier molecular flexibility index (Phi) is 2.48. The second kappa shape index (κ2) is 4.04. The zero-order valence-corrected chi connectivity index (χ0v) is 10.1. The number of hydrogen-bond donors (Lipinski definition) is 1. The molecular weight excluding hydrogens is 251 g/mol. The second-order valence-electron chi connectivity index (χ2n) is 4.36. The number of allylic oxidation sites excluding steroid dienone is 1. The molecule has 1 N–H and O–H groups in total. The fourth-order valence-electron chi connectivity index (χ4n) is 2.08. The van der Waals surface area contributed by atoms with Gasteiger partial charge in [-0.15, -0.1) is 0 Å². The first-order valence-electron chi connectivity index (χ1n) is 5.72. The van der Waals surface area contributed by atoms with E-state index in [0.717, 1.165) is 0 Å². The second-order valence-corrected chi connectivity index (χ2v) is 4.36. The Morgan fingerprint density at radius 2 is 2.37 bits per heavy atom. The van der Waals surface area contributed by atoms with Crippen molar-refractivity contribution in [2.75, 3.05) is 0 Å². The minimum atomic E-state index is -1.09.